The van der Waals surface area contributed by atoms with Crippen LogP contribution in [0.5, 0.6) is 0 Å². The first-order chi connectivity index (χ1) is 8.15. The van der Waals surface area contributed by atoms with E-state index in [1.54, 1.807) is 6.92 Å². The standard InChI is InChI=1S/C16H18O/c1-12-6-8-16-11-14(5-3-4-13(2)17)7-9-15(16)10-12/h6-11H,3-5H2,1-2H3. The molecule has 2 aromatic carbocycles. The monoisotopic (exact) mass is 226 g/mol. The van der Waals surface area contributed by atoms with Gasteiger partial charge in [-0.25, -0.2) is 0 Å². The van der Waals surface area contributed by atoms with E-state index in [0.29, 0.717) is 6.42 Å². The average molecular weight is 226 g/mol. The molecule has 0 radical (unpaired) electrons. The second-order valence-corrected chi connectivity index (χ2v) is 4.74. The number of rotatable bonds is 4. The fraction of sp³-hybridized carbons (Fsp3) is 0.312. The van der Waals surface area contributed by atoms with Gasteiger partial charge in [-0.3, -0.25) is 0 Å². The summed E-state index contributed by atoms with van der Waals surface area (Å²) < 4.78 is 0. The van der Waals surface area contributed by atoms with Crippen LogP contribution in [0, 0.1) is 6.92 Å². The minimum Gasteiger partial charge on any atom is -0.300 e. The third-order valence-electron chi connectivity index (χ3n) is 3.05. The predicted molar refractivity (Wildman–Crippen MR) is 72.3 cm³/mol. The number of aryl methyl sites for hydroxylation is 2. The lowest BCUT2D eigenvalue weighted by molar-refractivity contribution is -0.117. The zero-order chi connectivity index (χ0) is 12.3. The molecule has 0 atom stereocenters. The Kier molecular flexibility index (Phi) is 3.58. The van der Waals surface area contributed by atoms with Crippen LogP contribution in [0.15, 0.2) is 36.4 Å². The Morgan fingerprint density at radius 3 is 2.53 bits per heavy atom. The van der Waals surface area contributed by atoms with Gasteiger partial charge in [0, 0.05) is 6.42 Å². The minimum absolute atomic E-state index is 0.279. The number of fused-ring (bicyclic) bond motifs is 1. The Labute approximate surface area is 102 Å². The van der Waals surface area contributed by atoms with Gasteiger partial charge in [-0.05, 0) is 43.0 Å². The number of hydrogen-bond acceptors (Lipinski definition) is 1. The number of Topliss-reactive ketones (excluding diaryl/α,β-unsaturated/α-hetero) is 1. The Morgan fingerprint density at radius 2 is 1.76 bits per heavy atom. The van der Waals surface area contributed by atoms with E-state index >= 15 is 0 Å². The van der Waals surface area contributed by atoms with Crippen LogP contribution in [0.25, 0.3) is 10.8 Å². The van der Waals surface area contributed by atoms with Crippen molar-refractivity contribution in [2.45, 2.75) is 33.1 Å². The van der Waals surface area contributed by atoms with Gasteiger partial charge < -0.3 is 4.79 Å². The molecule has 0 spiro atoms. The highest BCUT2D eigenvalue weighted by atomic mass is 16.1. The second-order valence-electron chi connectivity index (χ2n) is 4.74. The van der Waals surface area contributed by atoms with Crippen LogP contribution in [-0.2, 0) is 11.2 Å². The van der Waals surface area contributed by atoms with Crippen LogP contribution in [-0.4, -0.2) is 5.78 Å². The summed E-state index contributed by atoms with van der Waals surface area (Å²) in [4.78, 5) is 10.9. The molecule has 2 aromatic rings. The first kappa shape index (κ1) is 11.8. The molecule has 1 heteroatoms. The minimum atomic E-state index is 0.279. The number of carbonyl (C=O) groups is 1. The van der Waals surface area contributed by atoms with Crippen LogP contribution in [0.4, 0.5) is 0 Å². The van der Waals surface area contributed by atoms with Crippen LogP contribution in [0.2, 0.25) is 0 Å². The fourth-order valence-corrected chi connectivity index (χ4v) is 2.11. The van der Waals surface area contributed by atoms with Crippen molar-refractivity contribution in [3.8, 4) is 0 Å². The molecule has 17 heavy (non-hydrogen) atoms. The summed E-state index contributed by atoms with van der Waals surface area (Å²) in [6, 6.07) is 13.1. The number of hydrogen-bond donors (Lipinski definition) is 0. The number of ketones is 1. The molecular weight excluding hydrogens is 208 g/mol. The fourth-order valence-electron chi connectivity index (χ4n) is 2.11. The van der Waals surface area contributed by atoms with Gasteiger partial charge in [-0.15, -0.1) is 0 Å². The molecule has 0 unspecified atom stereocenters. The molecule has 0 amide bonds. The molecule has 0 aliphatic heterocycles. The van der Waals surface area contributed by atoms with Gasteiger partial charge in [-0.1, -0.05) is 42.0 Å². The Bertz CT molecular complexity index is 540. The van der Waals surface area contributed by atoms with E-state index in [4.69, 9.17) is 0 Å². The summed E-state index contributed by atoms with van der Waals surface area (Å²) in [6.45, 7) is 3.77. The average Bonchev–Trinajstić information content (AvgIpc) is 2.29. The van der Waals surface area contributed by atoms with Crippen molar-refractivity contribution < 1.29 is 4.79 Å². The molecule has 0 aliphatic carbocycles. The van der Waals surface area contributed by atoms with Gasteiger partial charge in [0.25, 0.3) is 0 Å². The third-order valence-corrected chi connectivity index (χ3v) is 3.05. The zero-order valence-corrected chi connectivity index (χ0v) is 10.5. The first-order valence-electron chi connectivity index (χ1n) is 6.14. The van der Waals surface area contributed by atoms with Gasteiger partial charge in [0.2, 0.25) is 0 Å². The van der Waals surface area contributed by atoms with Gasteiger partial charge in [0.15, 0.2) is 0 Å². The van der Waals surface area contributed by atoms with Crippen LogP contribution < -0.4 is 0 Å². The van der Waals surface area contributed by atoms with E-state index in [0.717, 1.165) is 12.8 Å². The SMILES string of the molecule is CC(=O)CCCc1ccc2cc(C)ccc2c1. The van der Waals surface area contributed by atoms with Gasteiger partial charge >= 0.3 is 0 Å². The third kappa shape index (κ3) is 3.16. The maximum Gasteiger partial charge on any atom is 0.129 e. The highest BCUT2D eigenvalue weighted by molar-refractivity contribution is 5.83. The van der Waals surface area contributed by atoms with Crippen molar-refractivity contribution in [3.05, 3.63) is 47.5 Å². The lowest BCUT2D eigenvalue weighted by Gasteiger charge is -2.04. The second kappa shape index (κ2) is 5.13. The van der Waals surface area contributed by atoms with Crippen LogP contribution >= 0.6 is 0 Å². The normalized spacial score (nSPS) is 10.7. The van der Waals surface area contributed by atoms with E-state index < -0.39 is 0 Å². The quantitative estimate of drug-likeness (QED) is 0.768. The lowest BCUT2D eigenvalue weighted by atomic mass is 10.0. The molecule has 0 heterocycles. The topological polar surface area (TPSA) is 17.1 Å². The van der Waals surface area contributed by atoms with Gasteiger partial charge in [0.1, 0.15) is 5.78 Å². The summed E-state index contributed by atoms with van der Waals surface area (Å²) in [6.07, 6.45) is 2.63. The maximum absolute atomic E-state index is 10.9. The largest absolute Gasteiger partial charge is 0.300 e. The summed E-state index contributed by atoms with van der Waals surface area (Å²) in [7, 11) is 0. The van der Waals surface area contributed by atoms with E-state index in [1.807, 2.05) is 0 Å². The molecule has 0 N–H and O–H groups in total. The molecular formula is C16H18O. The van der Waals surface area contributed by atoms with E-state index in [2.05, 4.69) is 43.3 Å². The molecule has 0 bridgehead atoms. The van der Waals surface area contributed by atoms with Crippen molar-refractivity contribution in [1.82, 2.24) is 0 Å². The molecule has 0 aromatic heterocycles. The molecule has 0 saturated carbocycles. The smallest absolute Gasteiger partial charge is 0.129 e. The van der Waals surface area contributed by atoms with Gasteiger partial charge in [-0.2, -0.15) is 0 Å². The summed E-state index contributed by atoms with van der Waals surface area (Å²) in [5.41, 5.74) is 2.62. The highest BCUT2D eigenvalue weighted by Gasteiger charge is 1.99. The number of benzene rings is 2. The predicted octanol–water partition coefficient (Wildman–Crippen LogP) is 4.06. The molecule has 0 saturated heterocycles. The highest BCUT2D eigenvalue weighted by Crippen LogP contribution is 2.18. The summed E-state index contributed by atoms with van der Waals surface area (Å²) in [5, 5.41) is 2.58. The van der Waals surface area contributed by atoms with Crippen molar-refractivity contribution >= 4 is 16.6 Å². The molecule has 2 rings (SSSR count). The van der Waals surface area contributed by atoms with E-state index in [1.165, 1.54) is 21.9 Å². The Morgan fingerprint density at radius 1 is 1.06 bits per heavy atom. The van der Waals surface area contributed by atoms with E-state index in [-0.39, 0.29) is 5.78 Å². The Hall–Kier alpha value is -1.63. The van der Waals surface area contributed by atoms with Crippen molar-refractivity contribution in [3.63, 3.8) is 0 Å². The first-order valence-corrected chi connectivity index (χ1v) is 6.14. The molecule has 1 nitrogen and oxygen atoms in total. The van der Waals surface area contributed by atoms with Crippen molar-refractivity contribution in [2.75, 3.05) is 0 Å². The summed E-state index contributed by atoms with van der Waals surface area (Å²) in [5.74, 6) is 0.279. The molecule has 0 aliphatic rings. The zero-order valence-electron chi connectivity index (χ0n) is 10.5. The Balaban J connectivity index is 2.14. The molecule has 88 valence electrons. The number of carbonyl (C=O) groups excluding carboxylic acids is 1. The van der Waals surface area contributed by atoms with Crippen LogP contribution in [0.3, 0.4) is 0 Å². The van der Waals surface area contributed by atoms with Crippen LogP contribution in [0.1, 0.15) is 30.9 Å². The van der Waals surface area contributed by atoms with Gasteiger partial charge in [0.05, 0.1) is 0 Å². The summed E-state index contributed by atoms with van der Waals surface area (Å²) >= 11 is 0. The van der Waals surface area contributed by atoms with Crippen molar-refractivity contribution in [1.29, 1.82) is 0 Å². The van der Waals surface area contributed by atoms with Crippen molar-refractivity contribution in [2.24, 2.45) is 0 Å². The molecule has 0 fully saturated rings. The maximum atomic E-state index is 10.9. The van der Waals surface area contributed by atoms with E-state index in [9.17, 15) is 4.79 Å². The lowest BCUT2D eigenvalue weighted by Crippen LogP contribution is -1.92.